The number of nitrogens with zero attached hydrogens (tertiary/aromatic N) is 4. The summed E-state index contributed by atoms with van der Waals surface area (Å²) in [4.78, 5) is 10.6. The van der Waals surface area contributed by atoms with Gasteiger partial charge in [-0.05, 0) is 55.9 Å². The fraction of sp³-hybridized carbons (Fsp3) is 0.680. The zero-order chi connectivity index (χ0) is 25.4. The van der Waals surface area contributed by atoms with Crippen LogP contribution in [0.1, 0.15) is 68.5 Å². The minimum absolute atomic E-state index is 0.0101. The molecular formula is C25H30F5N5O. The maximum absolute atomic E-state index is 13.8. The van der Waals surface area contributed by atoms with Crippen LogP contribution in [0.15, 0.2) is 18.5 Å². The molecule has 11 heteroatoms. The van der Waals surface area contributed by atoms with Gasteiger partial charge in [-0.2, -0.15) is 13.2 Å². The molecule has 0 amide bonds. The van der Waals surface area contributed by atoms with Crippen LogP contribution in [-0.2, 0) is 6.18 Å². The third-order valence-electron chi connectivity index (χ3n) is 8.75. The summed E-state index contributed by atoms with van der Waals surface area (Å²) in [5.74, 6) is -1.78. The summed E-state index contributed by atoms with van der Waals surface area (Å²) in [5.41, 5.74) is 4.98. The van der Waals surface area contributed by atoms with E-state index in [-0.39, 0.29) is 36.4 Å². The van der Waals surface area contributed by atoms with E-state index in [0.717, 1.165) is 38.2 Å². The Hall–Kier alpha value is -2.27. The first-order valence-electron chi connectivity index (χ1n) is 12.7. The third kappa shape index (κ3) is 4.27. The Morgan fingerprint density at radius 3 is 2.36 bits per heavy atom. The van der Waals surface area contributed by atoms with Crippen LogP contribution in [0.4, 0.5) is 27.8 Å². The number of likely N-dealkylation sites (tertiary alicyclic amines) is 1. The highest BCUT2D eigenvalue weighted by Crippen LogP contribution is 2.54. The number of hydrogen-bond donors (Lipinski definition) is 2. The monoisotopic (exact) mass is 511 g/mol. The van der Waals surface area contributed by atoms with Gasteiger partial charge in [-0.3, -0.25) is 4.90 Å². The van der Waals surface area contributed by atoms with Gasteiger partial charge in [0.1, 0.15) is 17.7 Å². The van der Waals surface area contributed by atoms with Gasteiger partial charge in [0.2, 0.25) is 0 Å². The quantitative estimate of drug-likeness (QED) is 0.549. The zero-order valence-corrected chi connectivity index (χ0v) is 19.8. The van der Waals surface area contributed by atoms with Gasteiger partial charge >= 0.3 is 6.18 Å². The number of nitrogens with two attached hydrogens (primary N) is 1. The maximum atomic E-state index is 13.8. The fourth-order valence-corrected chi connectivity index (χ4v) is 6.44. The van der Waals surface area contributed by atoms with Crippen LogP contribution in [0.5, 0.6) is 0 Å². The molecule has 0 spiro atoms. The van der Waals surface area contributed by atoms with Crippen molar-refractivity contribution in [3.8, 4) is 11.3 Å². The minimum atomic E-state index is -4.64. The Morgan fingerprint density at radius 1 is 1.06 bits per heavy atom. The summed E-state index contributed by atoms with van der Waals surface area (Å²) in [6.07, 6.45) is 1.80. The van der Waals surface area contributed by atoms with Crippen molar-refractivity contribution < 1.29 is 27.1 Å². The van der Waals surface area contributed by atoms with Gasteiger partial charge in [0.25, 0.3) is 5.92 Å². The Balaban J connectivity index is 1.33. The van der Waals surface area contributed by atoms with Crippen LogP contribution in [0.25, 0.3) is 11.3 Å². The van der Waals surface area contributed by atoms with Crippen molar-refractivity contribution in [1.82, 2.24) is 19.4 Å². The van der Waals surface area contributed by atoms with E-state index in [1.807, 2.05) is 4.57 Å². The topological polar surface area (TPSA) is 80.2 Å². The molecule has 3 heterocycles. The minimum Gasteiger partial charge on any atom is -0.385 e. The molecule has 2 aromatic heterocycles. The molecule has 196 valence electrons. The predicted molar refractivity (Wildman–Crippen MR) is 122 cm³/mol. The van der Waals surface area contributed by atoms with Crippen molar-refractivity contribution >= 4 is 5.82 Å². The molecule has 6 nitrogen and oxygen atoms in total. The normalized spacial score (nSPS) is 31.2. The predicted octanol–water partition coefficient (Wildman–Crippen LogP) is 5.06. The molecule has 5 fully saturated rings. The summed E-state index contributed by atoms with van der Waals surface area (Å²) in [6, 6.07) is 1.15. The maximum Gasteiger partial charge on any atom is 0.419 e. The molecule has 2 aromatic rings. The van der Waals surface area contributed by atoms with Crippen LogP contribution < -0.4 is 5.73 Å². The Kier molecular flexibility index (Phi) is 5.60. The van der Waals surface area contributed by atoms with Gasteiger partial charge in [-0.15, -0.1) is 0 Å². The lowest BCUT2D eigenvalue weighted by molar-refractivity contribution is -0.137. The summed E-state index contributed by atoms with van der Waals surface area (Å²) in [7, 11) is 0. The van der Waals surface area contributed by atoms with Crippen molar-refractivity contribution in [3.63, 3.8) is 0 Å². The molecule has 1 saturated heterocycles. The summed E-state index contributed by atoms with van der Waals surface area (Å²) >= 11 is 0. The van der Waals surface area contributed by atoms with E-state index in [4.69, 9.17) is 5.73 Å². The molecule has 36 heavy (non-hydrogen) atoms. The van der Waals surface area contributed by atoms with Crippen LogP contribution >= 0.6 is 0 Å². The highest BCUT2D eigenvalue weighted by atomic mass is 19.4. The number of pyridine rings is 1. The number of halogens is 5. The molecular weight excluding hydrogens is 481 g/mol. The molecule has 0 aromatic carbocycles. The summed E-state index contributed by atoms with van der Waals surface area (Å²) in [5, 5.41) is 11.0. The SMILES string of the molecule is Nc1ncc(-c2cn(C3CC(N4CCC(F)(F)CC4)C4CC3C4)c([C@H](O)C3CC3)n2)cc1C(F)(F)F. The second-order valence-electron chi connectivity index (χ2n) is 11.1. The first-order valence-corrected chi connectivity index (χ1v) is 12.7. The molecule has 0 radical (unpaired) electrons. The highest BCUT2D eigenvalue weighted by molar-refractivity contribution is 5.62. The van der Waals surface area contributed by atoms with Crippen molar-refractivity contribution in [2.45, 2.75) is 75.2 Å². The average molecular weight is 512 g/mol. The molecule has 4 aliphatic carbocycles. The van der Waals surface area contributed by atoms with Crippen LogP contribution in [0, 0.1) is 17.8 Å². The van der Waals surface area contributed by atoms with Crippen molar-refractivity contribution in [1.29, 1.82) is 0 Å². The van der Waals surface area contributed by atoms with E-state index in [9.17, 15) is 27.1 Å². The number of aromatic nitrogens is 3. The van der Waals surface area contributed by atoms with Crippen molar-refractivity contribution in [2.75, 3.05) is 18.8 Å². The first-order chi connectivity index (χ1) is 17.0. The van der Waals surface area contributed by atoms with Gasteiger partial charge in [0.15, 0.2) is 0 Å². The van der Waals surface area contributed by atoms with Gasteiger partial charge < -0.3 is 15.4 Å². The first kappa shape index (κ1) is 24.1. The van der Waals surface area contributed by atoms with Gasteiger partial charge in [0, 0.05) is 56.0 Å². The fourth-order valence-electron chi connectivity index (χ4n) is 6.44. The standard InChI is InChI=1S/C25H30F5N5O/c26-24(27)3-5-34(6-4-24)19-10-20(15-7-14(19)8-15)35-12-18(33-23(35)21(36)13-1-2-13)16-9-17(25(28,29)30)22(31)32-11-16/h9,11-15,19-21,36H,1-8,10H2,(H2,31,32)/t14?,15?,19?,20?,21-/m1/s1. The van der Waals surface area contributed by atoms with E-state index < -0.39 is 29.6 Å². The number of aliphatic hydroxyl groups excluding tert-OH is 1. The molecule has 4 saturated carbocycles. The molecule has 7 rings (SSSR count). The van der Waals surface area contributed by atoms with E-state index in [2.05, 4.69) is 14.9 Å². The molecule has 2 bridgehead atoms. The smallest absolute Gasteiger partial charge is 0.385 e. The van der Waals surface area contributed by atoms with E-state index in [1.165, 1.54) is 6.20 Å². The van der Waals surface area contributed by atoms with E-state index in [0.29, 0.717) is 36.4 Å². The molecule has 3 N–H and O–H groups in total. The van der Waals surface area contributed by atoms with Gasteiger partial charge in [0.05, 0.1) is 11.3 Å². The number of rotatable bonds is 5. The number of fused-ring (bicyclic) bond motifs is 2. The molecule has 5 aliphatic rings. The highest BCUT2D eigenvalue weighted by Gasteiger charge is 2.51. The average Bonchev–Trinajstić information content (AvgIpc) is 3.55. The van der Waals surface area contributed by atoms with E-state index in [1.54, 1.807) is 6.20 Å². The molecule has 2 unspecified atom stereocenters. The lowest BCUT2D eigenvalue weighted by atomic mass is 9.59. The van der Waals surface area contributed by atoms with Crippen molar-refractivity contribution in [2.24, 2.45) is 17.8 Å². The summed E-state index contributed by atoms with van der Waals surface area (Å²) < 4.78 is 69.8. The van der Waals surface area contributed by atoms with Crippen LogP contribution in [0.2, 0.25) is 0 Å². The lowest BCUT2D eigenvalue weighted by Gasteiger charge is -2.55. The Labute approximate surface area is 205 Å². The molecule has 3 atom stereocenters. The Morgan fingerprint density at radius 2 is 1.72 bits per heavy atom. The second-order valence-corrected chi connectivity index (χ2v) is 11.1. The van der Waals surface area contributed by atoms with Crippen molar-refractivity contribution in [3.05, 3.63) is 29.8 Å². The lowest BCUT2D eigenvalue weighted by Crippen LogP contribution is -2.56. The number of imidazole rings is 1. The third-order valence-corrected chi connectivity index (χ3v) is 8.75. The largest absolute Gasteiger partial charge is 0.419 e. The van der Waals surface area contributed by atoms with E-state index >= 15 is 0 Å². The van der Waals surface area contributed by atoms with Crippen LogP contribution in [0.3, 0.4) is 0 Å². The summed E-state index contributed by atoms with van der Waals surface area (Å²) in [6.45, 7) is 0.741. The number of hydrogen-bond acceptors (Lipinski definition) is 5. The molecule has 1 aliphatic heterocycles. The van der Waals surface area contributed by atoms with Crippen LogP contribution in [-0.4, -0.2) is 49.6 Å². The zero-order valence-electron chi connectivity index (χ0n) is 19.8. The number of aliphatic hydroxyl groups is 1. The number of anilines is 1. The number of piperidine rings is 1. The second kappa shape index (κ2) is 8.37. The number of alkyl halides is 5. The number of nitrogen functional groups attached to an aromatic ring is 1. The van der Waals surface area contributed by atoms with Gasteiger partial charge in [-0.25, -0.2) is 18.7 Å². The van der Waals surface area contributed by atoms with Gasteiger partial charge in [-0.1, -0.05) is 0 Å². The Bertz CT molecular complexity index is 1130.